The zero-order valence-corrected chi connectivity index (χ0v) is 19.8. The Morgan fingerprint density at radius 3 is 2.33 bits per heavy atom. The second-order valence-corrected chi connectivity index (χ2v) is 10.3. The molecule has 0 bridgehead atoms. The smallest absolute Gasteiger partial charge is 0.124 e. The summed E-state index contributed by atoms with van der Waals surface area (Å²) in [5, 5.41) is 0. The maximum atomic E-state index is 6.40. The molecule has 4 aromatic rings. The molecule has 3 aliphatic rings. The first-order valence-corrected chi connectivity index (χ1v) is 12.5. The van der Waals surface area contributed by atoms with Gasteiger partial charge >= 0.3 is 0 Å². The number of rotatable bonds is 2. The molecule has 0 amide bonds. The summed E-state index contributed by atoms with van der Waals surface area (Å²) < 4.78 is 7.52. The number of fused-ring (bicyclic) bond motifs is 4. The molecule has 0 saturated heterocycles. The monoisotopic (exact) mass is 493 g/mol. The molecule has 3 aliphatic heterocycles. The summed E-state index contributed by atoms with van der Waals surface area (Å²) in [7, 11) is 0. The minimum atomic E-state index is 0.282. The van der Waals surface area contributed by atoms with Crippen LogP contribution in [0.4, 0.5) is 5.69 Å². The van der Waals surface area contributed by atoms with Crippen molar-refractivity contribution in [1.29, 1.82) is 0 Å². The Morgan fingerprint density at radius 1 is 0.727 bits per heavy atom. The molecule has 3 heterocycles. The van der Waals surface area contributed by atoms with Crippen LogP contribution in [-0.4, -0.2) is 6.61 Å². The van der Waals surface area contributed by atoms with E-state index in [4.69, 9.17) is 4.74 Å². The van der Waals surface area contributed by atoms with E-state index >= 15 is 0 Å². The van der Waals surface area contributed by atoms with E-state index in [9.17, 15) is 0 Å². The van der Waals surface area contributed by atoms with Gasteiger partial charge in [-0.15, -0.1) is 0 Å². The van der Waals surface area contributed by atoms with Crippen molar-refractivity contribution in [3.8, 4) is 5.75 Å². The Balaban J connectivity index is 1.48. The molecule has 2 nitrogen and oxygen atoms in total. The zero-order chi connectivity index (χ0) is 21.9. The normalized spacial score (nSPS) is 24.5. The van der Waals surface area contributed by atoms with Crippen molar-refractivity contribution in [2.45, 2.75) is 24.4 Å². The number of para-hydroxylation sites is 2. The number of benzene rings is 4. The quantitative estimate of drug-likeness (QED) is 0.287. The average molecular weight is 494 g/mol. The number of nitrogens with zero attached hydrogens (tertiary/aromatic N) is 1. The SMILES string of the molecule is Brc1ccc(C2c3cccc4c3N(C3c5ccccc5OCC23)[C@H](c2ccccc2)C4)cc1. The third kappa shape index (κ3) is 2.92. The molecule has 3 unspecified atom stereocenters. The first kappa shape index (κ1) is 19.4. The number of halogens is 1. The van der Waals surface area contributed by atoms with E-state index in [1.807, 2.05) is 0 Å². The highest BCUT2D eigenvalue weighted by atomic mass is 79.9. The van der Waals surface area contributed by atoms with E-state index in [1.165, 1.54) is 33.5 Å². The van der Waals surface area contributed by atoms with E-state index in [0.29, 0.717) is 17.9 Å². The zero-order valence-electron chi connectivity index (χ0n) is 18.2. The molecule has 3 heteroatoms. The van der Waals surface area contributed by atoms with E-state index in [-0.39, 0.29) is 6.04 Å². The molecule has 0 fully saturated rings. The number of anilines is 1. The third-order valence-electron chi connectivity index (χ3n) is 7.71. The van der Waals surface area contributed by atoms with Crippen molar-refractivity contribution in [3.63, 3.8) is 0 Å². The highest BCUT2D eigenvalue weighted by molar-refractivity contribution is 9.10. The summed E-state index contributed by atoms with van der Waals surface area (Å²) >= 11 is 3.62. The molecule has 0 aliphatic carbocycles. The van der Waals surface area contributed by atoms with Crippen LogP contribution in [0, 0.1) is 5.92 Å². The van der Waals surface area contributed by atoms with Crippen LogP contribution in [0.2, 0.25) is 0 Å². The molecule has 4 atom stereocenters. The fourth-order valence-corrected chi connectivity index (χ4v) is 6.68. The second kappa shape index (κ2) is 7.50. The summed E-state index contributed by atoms with van der Waals surface area (Å²) in [4.78, 5) is 2.74. The van der Waals surface area contributed by atoms with Gasteiger partial charge in [-0.1, -0.05) is 94.8 Å². The molecule has 162 valence electrons. The summed E-state index contributed by atoms with van der Waals surface area (Å²) in [6.07, 6.45) is 1.05. The van der Waals surface area contributed by atoms with Gasteiger partial charge in [0.1, 0.15) is 5.75 Å². The maximum Gasteiger partial charge on any atom is 0.124 e. The highest BCUT2D eigenvalue weighted by Gasteiger charge is 2.51. The van der Waals surface area contributed by atoms with E-state index in [2.05, 4.69) is 118 Å². The van der Waals surface area contributed by atoms with Gasteiger partial charge in [-0.05, 0) is 46.9 Å². The lowest BCUT2D eigenvalue weighted by Gasteiger charge is -2.50. The van der Waals surface area contributed by atoms with Gasteiger partial charge in [-0.3, -0.25) is 0 Å². The predicted octanol–water partition coefficient (Wildman–Crippen LogP) is 7.45. The lowest BCUT2D eigenvalue weighted by molar-refractivity contribution is 0.166. The molecule has 0 aromatic heterocycles. The minimum Gasteiger partial charge on any atom is -0.493 e. The molecule has 33 heavy (non-hydrogen) atoms. The molecule has 0 saturated carbocycles. The van der Waals surface area contributed by atoms with Crippen LogP contribution < -0.4 is 9.64 Å². The van der Waals surface area contributed by atoms with Crippen molar-refractivity contribution in [3.05, 3.63) is 129 Å². The maximum absolute atomic E-state index is 6.40. The van der Waals surface area contributed by atoms with Crippen LogP contribution >= 0.6 is 15.9 Å². The van der Waals surface area contributed by atoms with Gasteiger partial charge in [0, 0.05) is 27.6 Å². The van der Waals surface area contributed by atoms with Gasteiger partial charge in [-0.25, -0.2) is 0 Å². The van der Waals surface area contributed by atoms with Gasteiger partial charge in [-0.2, -0.15) is 0 Å². The number of hydrogen-bond donors (Lipinski definition) is 0. The van der Waals surface area contributed by atoms with Crippen molar-refractivity contribution >= 4 is 21.6 Å². The van der Waals surface area contributed by atoms with Crippen LogP contribution in [-0.2, 0) is 6.42 Å². The van der Waals surface area contributed by atoms with Crippen molar-refractivity contribution in [1.82, 2.24) is 0 Å². The van der Waals surface area contributed by atoms with Crippen molar-refractivity contribution in [2.75, 3.05) is 11.5 Å². The van der Waals surface area contributed by atoms with E-state index < -0.39 is 0 Å². The number of hydrogen-bond acceptors (Lipinski definition) is 2. The van der Waals surface area contributed by atoms with Gasteiger partial charge < -0.3 is 9.64 Å². The molecule has 7 rings (SSSR count). The van der Waals surface area contributed by atoms with Crippen LogP contribution in [0.15, 0.2) is 102 Å². The van der Waals surface area contributed by atoms with Gasteiger partial charge in [0.2, 0.25) is 0 Å². The third-order valence-corrected chi connectivity index (χ3v) is 8.24. The number of ether oxygens (including phenoxy) is 1. The first-order chi connectivity index (χ1) is 16.3. The van der Waals surface area contributed by atoms with Crippen LogP contribution in [0.3, 0.4) is 0 Å². The molecule has 0 N–H and O–H groups in total. The molecular formula is C30H24BrNO. The second-order valence-electron chi connectivity index (χ2n) is 9.38. The molecular weight excluding hydrogens is 470 g/mol. The van der Waals surface area contributed by atoms with Crippen LogP contribution in [0.25, 0.3) is 0 Å². The lowest BCUT2D eigenvalue weighted by Crippen LogP contribution is -2.45. The summed E-state index contributed by atoms with van der Waals surface area (Å²) in [6.45, 7) is 0.726. The Kier molecular flexibility index (Phi) is 4.41. The highest BCUT2D eigenvalue weighted by Crippen LogP contribution is 2.60. The Morgan fingerprint density at radius 2 is 1.48 bits per heavy atom. The summed E-state index contributed by atoms with van der Waals surface area (Å²) in [5.74, 6) is 1.68. The Bertz CT molecular complexity index is 1330. The first-order valence-electron chi connectivity index (χ1n) is 11.7. The van der Waals surface area contributed by atoms with Gasteiger partial charge in [0.05, 0.1) is 18.7 Å². The van der Waals surface area contributed by atoms with E-state index in [1.54, 1.807) is 0 Å². The van der Waals surface area contributed by atoms with Crippen LogP contribution in [0.1, 0.15) is 45.8 Å². The Labute approximate surface area is 203 Å². The fraction of sp³-hybridized carbons (Fsp3) is 0.200. The summed E-state index contributed by atoms with van der Waals surface area (Å²) in [5.41, 5.74) is 8.43. The van der Waals surface area contributed by atoms with Gasteiger partial charge in [0.15, 0.2) is 0 Å². The summed E-state index contributed by atoms with van der Waals surface area (Å²) in [6, 6.07) is 36.2. The average Bonchev–Trinajstić information content (AvgIpc) is 3.26. The standard InChI is InChI=1S/C30H24BrNO/c31-22-15-13-20(14-16-22)28-24-11-6-9-21-17-26(19-7-2-1-3-8-19)32(29(21)24)30-23-10-4-5-12-27(23)33-18-25(28)30/h1-16,25-26,28,30H,17-18H2/t25?,26-,28?,30?/m0/s1. The Hall–Kier alpha value is -3.04. The molecule has 0 spiro atoms. The topological polar surface area (TPSA) is 12.5 Å². The minimum absolute atomic E-state index is 0.282. The predicted molar refractivity (Wildman–Crippen MR) is 136 cm³/mol. The van der Waals surface area contributed by atoms with Gasteiger partial charge in [0.25, 0.3) is 0 Å². The lowest BCUT2D eigenvalue weighted by atomic mass is 9.70. The molecule has 0 radical (unpaired) electrons. The van der Waals surface area contributed by atoms with Crippen molar-refractivity contribution < 1.29 is 4.74 Å². The molecule has 4 aromatic carbocycles. The van der Waals surface area contributed by atoms with Crippen molar-refractivity contribution in [2.24, 2.45) is 5.92 Å². The van der Waals surface area contributed by atoms with Crippen LogP contribution in [0.5, 0.6) is 5.75 Å². The largest absolute Gasteiger partial charge is 0.493 e. The fourth-order valence-electron chi connectivity index (χ4n) is 6.42. The van der Waals surface area contributed by atoms with E-state index in [0.717, 1.165) is 23.2 Å².